The third kappa shape index (κ3) is 7.41. The van der Waals surface area contributed by atoms with E-state index in [9.17, 15) is 24.3 Å². The van der Waals surface area contributed by atoms with Gasteiger partial charge < -0.3 is 20.6 Å². The van der Waals surface area contributed by atoms with Gasteiger partial charge in [-0.25, -0.2) is 4.79 Å². The first-order valence-corrected chi connectivity index (χ1v) is 13.0. The van der Waals surface area contributed by atoms with Crippen LogP contribution in [0.25, 0.3) is 0 Å². The molecule has 0 aliphatic carbocycles. The number of anilines is 1. The average molecular weight is 508 g/mol. The highest BCUT2D eigenvalue weighted by molar-refractivity contribution is 6.04. The van der Waals surface area contributed by atoms with Crippen molar-refractivity contribution in [1.29, 1.82) is 0 Å². The van der Waals surface area contributed by atoms with Crippen molar-refractivity contribution in [3.63, 3.8) is 0 Å². The van der Waals surface area contributed by atoms with Gasteiger partial charge in [-0.15, -0.1) is 0 Å². The van der Waals surface area contributed by atoms with Crippen LogP contribution in [0, 0.1) is 12.8 Å². The molecule has 0 bridgehead atoms. The van der Waals surface area contributed by atoms with Crippen LogP contribution in [-0.2, 0) is 20.8 Å². The van der Waals surface area contributed by atoms with Crippen molar-refractivity contribution in [2.75, 3.05) is 11.9 Å². The van der Waals surface area contributed by atoms with Gasteiger partial charge in [-0.1, -0.05) is 56.3 Å². The maximum Gasteiger partial charge on any atom is 0.338 e. The third-order valence-electron chi connectivity index (χ3n) is 6.82. The van der Waals surface area contributed by atoms with E-state index >= 15 is 0 Å². The number of aromatic carboxylic acids is 1. The van der Waals surface area contributed by atoms with Gasteiger partial charge in [-0.2, -0.15) is 0 Å². The summed E-state index contributed by atoms with van der Waals surface area (Å²) in [6, 6.07) is 13.5. The van der Waals surface area contributed by atoms with Gasteiger partial charge in [0.2, 0.25) is 17.7 Å². The summed E-state index contributed by atoms with van der Waals surface area (Å²) in [7, 11) is 0. The minimum Gasteiger partial charge on any atom is -0.478 e. The lowest BCUT2D eigenvalue weighted by Crippen LogP contribution is -2.53. The first-order chi connectivity index (χ1) is 17.7. The zero-order valence-corrected chi connectivity index (χ0v) is 21.8. The molecule has 1 heterocycles. The number of rotatable bonds is 11. The monoisotopic (exact) mass is 507 g/mol. The van der Waals surface area contributed by atoms with E-state index in [-0.39, 0.29) is 29.0 Å². The first kappa shape index (κ1) is 27.9. The highest BCUT2D eigenvalue weighted by Crippen LogP contribution is 2.22. The van der Waals surface area contributed by atoms with E-state index in [0.717, 1.165) is 25.7 Å². The molecule has 37 heavy (non-hydrogen) atoms. The fraction of sp³-hybridized carbons (Fsp3) is 0.448. The smallest absolute Gasteiger partial charge is 0.338 e. The molecule has 2 aromatic carbocycles. The average Bonchev–Trinajstić information content (AvgIpc) is 3.35. The molecule has 0 radical (unpaired) electrons. The van der Waals surface area contributed by atoms with Crippen LogP contribution < -0.4 is 10.6 Å². The molecule has 8 nitrogen and oxygen atoms in total. The number of carbonyl (C=O) groups excluding carboxylic acids is 3. The minimum atomic E-state index is -1.14. The number of carboxylic acids is 1. The van der Waals surface area contributed by atoms with E-state index in [1.165, 1.54) is 11.6 Å². The standard InChI is InChI=1S/C29H37N3O5/c1-19(2)26(28(35)30-22-15-9-11-20(3)25(22)29(36)37)31-27(34)23-16-10-18-32(23)24(33)17-8-7-14-21-12-5-4-6-13-21/h4-6,9,11-13,15,19,23,26H,7-8,10,14,16-18H2,1-3H3,(H,30,35)(H,31,34)(H,36,37)/t23-,26-/m0/s1. The van der Waals surface area contributed by atoms with Gasteiger partial charge in [0.25, 0.3) is 0 Å². The summed E-state index contributed by atoms with van der Waals surface area (Å²) < 4.78 is 0. The molecular weight excluding hydrogens is 470 g/mol. The minimum absolute atomic E-state index is 0.0181. The Bertz CT molecular complexity index is 1120. The number of likely N-dealkylation sites (tertiary alicyclic amines) is 1. The summed E-state index contributed by atoms with van der Waals surface area (Å²) in [5, 5.41) is 15.1. The maximum absolute atomic E-state index is 13.2. The van der Waals surface area contributed by atoms with Crippen LogP contribution in [0.1, 0.15) is 67.4 Å². The molecule has 8 heteroatoms. The number of benzene rings is 2. The van der Waals surface area contributed by atoms with Crippen LogP contribution in [0.2, 0.25) is 0 Å². The van der Waals surface area contributed by atoms with Crippen LogP contribution in [0.3, 0.4) is 0 Å². The summed E-state index contributed by atoms with van der Waals surface area (Å²) in [4.78, 5) is 52.5. The molecular formula is C29H37N3O5. The first-order valence-electron chi connectivity index (χ1n) is 13.0. The van der Waals surface area contributed by atoms with Gasteiger partial charge in [0.05, 0.1) is 11.3 Å². The molecule has 0 aromatic heterocycles. The molecule has 2 aromatic rings. The van der Waals surface area contributed by atoms with E-state index < -0.39 is 24.0 Å². The van der Waals surface area contributed by atoms with Gasteiger partial charge in [0, 0.05) is 13.0 Å². The Balaban J connectivity index is 1.59. The normalized spacial score (nSPS) is 15.9. The fourth-order valence-corrected chi connectivity index (χ4v) is 4.78. The summed E-state index contributed by atoms with van der Waals surface area (Å²) in [5.74, 6) is -2.27. The van der Waals surface area contributed by atoms with Crippen LogP contribution in [-0.4, -0.2) is 52.3 Å². The van der Waals surface area contributed by atoms with Crippen molar-refractivity contribution in [2.45, 2.75) is 71.4 Å². The zero-order chi connectivity index (χ0) is 26.9. The number of nitrogens with one attached hydrogen (secondary N) is 2. The van der Waals surface area contributed by atoms with Crippen LogP contribution in [0.5, 0.6) is 0 Å². The molecule has 2 atom stereocenters. The summed E-state index contributed by atoms with van der Waals surface area (Å²) in [5.41, 5.74) is 1.97. The third-order valence-corrected chi connectivity index (χ3v) is 6.82. The predicted octanol–water partition coefficient (Wildman–Crippen LogP) is 4.18. The van der Waals surface area contributed by atoms with Crippen molar-refractivity contribution in [1.82, 2.24) is 10.2 Å². The zero-order valence-electron chi connectivity index (χ0n) is 21.8. The highest BCUT2D eigenvalue weighted by Gasteiger charge is 2.36. The maximum atomic E-state index is 13.2. The lowest BCUT2D eigenvalue weighted by molar-refractivity contribution is -0.139. The highest BCUT2D eigenvalue weighted by atomic mass is 16.4. The Morgan fingerprint density at radius 1 is 1.03 bits per heavy atom. The van der Waals surface area contributed by atoms with Gasteiger partial charge in [0.15, 0.2) is 0 Å². The van der Waals surface area contributed by atoms with Crippen molar-refractivity contribution in [3.05, 3.63) is 65.2 Å². The molecule has 0 unspecified atom stereocenters. The number of hydrogen-bond acceptors (Lipinski definition) is 4. The van der Waals surface area contributed by atoms with Crippen molar-refractivity contribution in [3.8, 4) is 0 Å². The number of aryl methyl sites for hydroxylation is 2. The second-order valence-electron chi connectivity index (χ2n) is 9.96. The van der Waals surface area contributed by atoms with Gasteiger partial charge >= 0.3 is 5.97 Å². The van der Waals surface area contributed by atoms with Gasteiger partial charge in [-0.05, 0) is 62.1 Å². The Morgan fingerprint density at radius 2 is 1.76 bits per heavy atom. The number of carboxylic acid groups (broad SMARTS) is 1. The Hall–Kier alpha value is -3.68. The Kier molecular flexibility index (Phi) is 9.83. The Morgan fingerprint density at radius 3 is 2.43 bits per heavy atom. The molecule has 3 rings (SSSR count). The van der Waals surface area contributed by atoms with Crippen LogP contribution in [0.4, 0.5) is 5.69 Å². The predicted molar refractivity (Wildman–Crippen MR) is 142 cm³/mol. The fourth-order valence-electron chi connectivity index (χ4n) is 4.78. The van der Waals surface area contributed by atoms with E-state index in [1.54, 1.807) is 24.0 Å². The molecule has 1 aliphatic heterocycles. The SMILES string of the molecule is Cc1cccc(NC(=O)[C@@H](NC(=O)[C@@H]2CCCN2C(=O)CCCCc2ccccc2)C(C)C)c1C(=O)O. The molecule has 198 valence electrons. The second kappa shape index (κ2) is 13.0. The van der Waals surface area contributed by atoms with Crippen molar-refractivity contribution in [2.24, 2.45) is 5.92 Å². The summed E-state index contributed by atoms with van der Waals surface area (Å²) >= 11 is 0. The lowest BCUT2D eigenvalue weighted by Gasteiger charge is -2.28. The molecule has 1 fully saturated rings. The van der Waals surface area contributed by atoms with E-state index in [0.29, 0.717) is 24.9 Å². The summed E-state index contributed by atoms with van der Waals surface area (Å²) in [6.07, 6.45) is 4.22. The molecule has 1 saturated heterocycles. The van der Waals surface area contributed by atoms with Crippen molar-refractivity contribution < 1.29 is 24.3 Å². The number of carbonyl (C=O) groups is 4. The Labute approximate surface area is 218 Å². The number of amides is 3. The number of nitrogens with zero attached hydrogens (tertiary/aromatic N) is 1. The van der Waals surface area contributed by atoms with E-state index in [4.69, 9.17) is 0 Å². The lowest BCUT2D eigenvalue weighted by atomic mass is 10.0. The number of unbranched alkanes of at least 4 members (excludes halogenated alkanes) is 1. The second-order valence-corrected chi connectivity index (χ2v) is 9.96. The van der Waals surface area contributed by atoms with E-state index in [1.807, 2.05) is 32.0 Å². The number of hydrogen-bond donors (Lipinski definition) is 3. The molecule has 1 aliphatic rings. The summed E-state index contributed by atoms with van der Waals surface area (Å²) in [6.45, 7) is 5.81. The molecule has 3 N–H and O–H groups in total. The van der Waals surface area contributed by atoms with E-state index in [2.05, 4.69) is 22.8 Å². The largest absolute Gasteiger partial charge is 0.478 e. The van der Waals surface area contributed by atoms with Crippen LogP contribution >= 0.6 is 0 Å². The molecule has 3 amide bonds. The molecule has 0 saturated carbocycles. The topological polar surface area (TPSA) is 116 Å². The molecule has 0 spiro atoms. The quantitative estimate of drug-likeness (QED) is 0.395. The van der Waals surface area contributed by atoms with Crippen LogP contribution in [0.15, 0.2) is 48.5 Å². The van der Waals surface area contributed by atoms with Crippen molar-refractivity contribution >= 4 is 29.4 Å². The van der Waals surface area contributed by atoms with Gasteiger partial charge in [-0.3, -0.25) is 14.4 Å². The van der Waals surface area contributed by atoms with Gasteiger partial charge in [0.1, 0.15) is 12.1 Å².